The molecule has 0 spiro atoms. The predicted molar refractivity (Wildman–Crippen MR) is 120 cm³/mol. The van der Waals surface area contributed by atoms with Crippen LogP contribution in [0.15, 0.2) is 18.5 Å². The number of hydrogen-bond acceptors (Lipinski definition) is 5. The number of aliphatic carboxylic acids is 1. The van der Waals surface area contributed by atoms with Gasteiger partial charge in [0.15, 0.2) is 0 Å². The molecule has 32 heavy (non-hydrogen) atoms. The van der Waals surface area contributed by atoms with Crippen molar-refractivity contribution in [1.29, 1.82) is 0 Å². The lowest BCUT2D eigenvalue weighted by Crippen LogP contribution is -2.44. The molecule has 2 unspecified atom stereocenters. The number of benzene rings is 1. The average molecular weight is 445 g/mol. The van der Waals surface area contributed by atoms with E-state index in [-0.39, 0.29) is 18.2 Å². The van der Waals surface area contributed by atoms with Gasteiger partial charge in [0.1, 0.15) is 6.29 Å². The Kier molecular flexibility index (Phi) is 8.51. The van der Waals surface area contributed by atoms with Crippen LogP contribution in [0.5, 0.6) is 0 Å². The quantitative estimate of drug-likeness (QED) is 0.511. The second-order valence-corrected chi connectivity index (χ2v) is 8.58. The van der Waals surface area contributed by atoms with Gasteiger partial charge in [-0.2, -0.15) is 0 Å². The van der Waals surface area contributed by atoms with Gasteiger partial charge in [0.2, 0.25) is 11.8 Å². The lowest BCUT2D eigenvalue weighted by atomic mass is 9.90. The molecule has 1 heterocycles. The highest BCUT2D eigenvalue weighted by molar-refractivity contribution is 5.88. The van der Waals surface area contributed by atoms with E-state index in [1.807, 2.05) is 38.3 Å². The molecule has 174 valence electrons. The summed E-state index contributed by atoms with van der Waals surface area (Å²) in [6.45, 7) is 8.72. The maximum absolute atomic E-state index is 12.8. The molecule has 2 amide bonds. The zero-order valence-electron chi connectivity index (χ0n) is 19.3. The highest BCUT2D eigenvalue weighted by Gasteiger charge is 2.28. The molecule has 1 aromatic carbocycles. The Labute approximate surface area is 187 Å². The van der Waals surface area contributed by atoms with E-state index in [1.165, 1.54) is 11.1 Å². The van der Waals surface area contributed by atoms with Gasteiger partial charge in [0, 0.05) is 32.5 Å². The number of hydrogen-bond donors (Lipinski definition) is 2. The number of aromatic nitrogens is 2. The van der Waals surface area contributed by atoms with E-state index >= 15 is 0 Å². The summed E-state index contributed by atoms with van der Waals surface area (Å²) in [5, 5.41) is 11.3. The number of imidazole rings is 1. The summed E-state index contributed by atoms with van der Waals surface area (Å²) in [5.74, 6) is -2.70. The van der Waals surface area contributed by atoms with E-state index in [9.17, 15) is 19.2 Å². The molecule has 0 aliphatic rings. The Bertz CT molecular complexity index is 998. The minimum Gasteiger partial charge on any atom is -0.481 e. The lowest BCUT2D eigenvalue weighted by Gasteiger charge is -2.24. The van der Waals surface area contributed by atoms with Crippen LogP contribution in [0.4, 0.5) is 0 Å². The Hall–Kier alpha value is -3.23. The number of carbonyl (C=O) groups excluding carboxylic acids is 3. The zero-order valence-corrected chi connectivity index (χ0v) is 19.3. The molecule has 0 radical (unpaired) electrons. The fourth-order valence-electron chi connectivity index (χ4n) is 3.46. The Morgan fingerprint density at radius 3 is 2.44 bits per heavy atom. The van der Waals surface area contributed by atoms with Gasteiger partial charge in [-0.3, -0.25) is 14.4 Å². The van der Waals surface area contributed by atoms with Crippen LogP contribution < -0.4 is 5.32 Å². The first-order valence-corrected chi connectivity index (χ1v) is 10.7. The molecule has 2 N–H and O–H groups in total. The summed E-state index contributed by atoms with van der Waals surface area (Å²) in [5.41, 5.74) is 4.26. The molecule has 2 rings (SSSR count). The fraction of sp³-hybridized carbons (Fsp3) is 0.522. The minimum atomic E-state index is -1.18. The first-order chi connectivity index (χ1) is 15.0. The van der Waals surface area contributed by atoms with Crippen molar-refractivity contribution in [2.45, 2.75) is 53.1 Å². The Morgan fingerprint density at radius 2 is 1.84 bits per heavy atom. The number of carbonyl (C=O) groups is 4. The third-order valence-corrected chi connectivity index (χ3v) is 5.76. The SMILES string of the molecule is Cc1cc2ncn(CCN(C)C(=O)CC(C(=O)NC(C=O)CC(=O)O)C(C)C)c2cc1C. The Balaban J connectivity index is 1.99. The first-order valence-electron chi connectivity index (χ1n) is 10.7. The van der Waals surface area contributed by atoms with Crippen molar-refractivity contribution in [2.24, 2.45) is 11.8 Å². The van der Waals surface area contributed by atoms with E-state index in [0.29, 0.717) is 19.4 Å². The fourth-order valence-corrected chi connectivity index (χ4v) is 3.46. The lowest BCUT2D eigenvalue weighted by molar-refractivity contribution is -0.140. The number of aryl methyl sites for hydroxylation is 2. The molecular weight excluding hydrogens is 412 g/mol. The maximum Gasteiger partial charge on any atom is 0.305 e. The van der Waals surface area contributed by atoms with Crippen LogP contribution >= 0.6 is 0 Å². The van der Waals surface area contributed by atoms with E-state index in [0.717, 1.165) is 11.0 Å². The number of fused-ring (bicyclic) bond motifs is 1. The average Bonchev–Trinajstić information content (AvgIpc) is 3.10. The summed E-state index contributed by atoms with van der Waals surface area (Å²) in [6, 6.07) is 3.01. The predicted octanol–water partition coefficient (Wildman–Crippen LogP) is 1.93. The zero-order chi connectivity index (χ0) is 24.0. The molecule has 0 saturated heterocycles. The van der Waals surface area contributed by atoms with Crippen molar-refractivity contribution in [2.75, 3.05) is 13.6 Å². The summed E-state index contributed by atoms with van der Waals surface area (Å²) < 4.78 is 2.00. The molecule has 0 fully saturated rings. The van der Waals surface area contributed by atoms with Crippen LogP contribution in [0.25, 0.3) is 11.0 Å². The van der Waals surface area contributed by atoms with Gasteiger partial charge in [0.05, 0.1) is 29.8 Å². The van der Waals surface area contributed by atoms with Crippen LogP contribution in [0.1, 0.15) is 37.8 Å². The molecule has 0 aliphatic carbocycles. The molecular formula is C23H32N4O5. The van der Waals surface area contributed by atoms with Crippen LogP contribution in [0.3, 0.4) is 0 Å². The number of nitrogens with zero attached hydrogens (tertiary/aromatic N) is 3. The number of carboxylic acid groups (broad SMARTS) is 1. The molecule has 2 atom stereocenters. The Morgan fingerprint density at radius 1 is 1.19 bits per heavy atom. The summed E-state index contributed by atoms with van der Waals surface area (Å²) in [7, 11) is 1.69. The van der Waals surface area contributed by atoms with Crippen molar-refractivity contribution in [3.8, 4) is 0 Å². The number of nitrogens with one attached hydrogen (secondary N) is 1. The molecule has 0 aliphatic heterocycles. The largest absolute Gasteiger partial charge is 0.481 e. The number of carboxylic acids is 1. The standard InChI is InChI=1S/C23H32N4O5/c1-14(2)18(23(32)25-17(12-28)10-22(30)31)11-21(29)26(5)6-7-27-13-24-19-8-15(3)16(4)9-20(19)27/h8-9,12-14,17-18H,6-7,10-11H2,1-5H3,(H,25,32)(H,30,31). The molecule has 2 aromatic rings. The van der Waals surface area contributed by atoms with E-state index in [4.69, 9.17) is 5.11 Å². The summed E-state index contributed by atoms with van der Waals surface area (Å²) in [6.07, 6.45) is 1.64. The van der Waals surface area contributed by atoms with Gasteiger partial charge in [-0.05, 0) is 43.0 Å². The molecule has 9 nitrogen and oxygen atoms in total. The molecule has 9 heteroatoms. The third-order valence-electron chi connectivity index (χ3n) is 5.76. The van der Waals surface area contributed by atoms with Crippen molar-refractivity contribution < 1.29 is 24.3 Å². The van der Waals surface area contributed by atoms with E-state index in [1.54, 1.807) is 18.3 Å². The van der Waals surface area contributed by atoms with E-state index < -0.39 is 30.3 Å². The summed E-state index contributed by atoms with van der Waals surface area (Å²) in [4.78, 5) is 53.3. The van der Waals surface area contributed by atoms with E-state index in [2.05, 4.69) is 16.4 Å². The first kappa shape index (κ1) is 25.0. The van der Waals surface area contributed by atoms with Crippen molar-refractivity contribution >= 4 is 35.1 Å². The summed E-state index contributed by atoms with van der Waals surface area (Å²) >= 11 is 0. The van der Waals surface area contributed by atoms with Gasteiger partial charge in [-0.25, -0.2) is 4.98 Å². The smallest absolute Gasteiger partial charge is 0.305 e. The number of rotatable bonds is 11. The van der Waals surface area contributed by atoms with Crippen LogP contribution in [-0.2, 0) is 25.7 Å². The number of amides is 2. The van der Waals surface area contributed by atoms with Gasteiger partial charge < -0.3 is 24.7 Å². The number of likely N-dealkylation sites (N-methyl/N-ethyl adjacent to an activating group) is 1. The van der Waals surface area contributed by atoms with Crippen LogP contribution in [0.2, 0.25) is 0 Å². The number of aldehydes is 1. The van der Waals surface area contributed by atoms with Crippen molar-refractivity contribution in [3.05, 3.63) is 29.6 Å². The molecule has 0 bridgehead atoms. The maximum atomic E-state index is 12.8. The topological polar surface area (TPSA) is 122 Å². The monoisotopic (exact) mass is 444 g/mol. The van der Waals surface area contributed by atoms with Crippen LogP contribution in [-0.4, -0.2) is 63.3 Å². The third kappa shape index (κ3) is 6.38. The molecule has 1 aromatic heterocycles. The highest BCUT2D eigenvalue weighted by atomic mass is 16.4. The second kappa shape index (κ2) is 10.9. The second-order valence-electron chi connectivity index (χ2n) is 8.58. The van der Waals surface area contributed by atoms with Gasteiger partial charge in [0.25, 0.3) is 0 Å². The minimum absolute atomic E-state index is 0.0262. The van der Waals surface area contributed by atoms with Gasteiger partial charge in [-0.15, -0.1) is 0 Å². The van der Waals surface area contributed by atoms with Crippen LogP contribution in [0, 0.1) is 25.7 Å². The normalized spacial score (nSPS) is 13.1. The highest BCUT2D eigenvalue weighted by Crippen LogP contribution is 2.19. The molecule has 0 saturated carbocycles. The van der Waals surface area contributed by atoms with Gasteiger partial charge in [-0.1, -0.05) is 13.8 Å². The van der Waals surface area contributed by atoms with Gasteiger partial charge >= 0.3 is 5.97 Å². The van der Waals surface area contributed by atoms with Crippen molar-refractivity contribution in [1.82, 2.24) is 19.8 Å². The van der Waals surface area contributed by atoms with Crippen molar-refractivity contribution in [3.63, 3.8) is 0 Å².